The molecule has 26 heavy (non-hydrogen) atoms. The number of hydrogen-bond donors (Lipinski definition) is 1. The average molecular weight is 376 g/mol. The van der Waals surface area contributed by atoms with E-state index in [0.29, 0.717) is 18.0 Å². The van der Waals surface area contributed by atoms with Crippen molar-refractivity contribution < 1.29 is 19.1 Å². The quantitative estimate of drug-likeness (QED) is 0.769. The monoisotopic (exact) mass is 376 g/mol. The maximum Gasteiger partial charge on any atom is 0.225 e. The van der Waals surface area contributed by atoms with E-state index in [0.717, 1.165) is 10.4 Å². The number of hydrogen-bond acceptors (Lipinski definition) is 5. The first-order valence-electron chi connectivity index (χ1n) is 8.20. The molecule has 0 spiro atoms. The second kappa shape index (κ2) is 9.24. The predicted octanol–water partition coefficient (Wildman–Crippen LogP) is 2.99. The molecule has 1 atom stereocenters. The van der Waals surface area contributed by atoms with Crippen LogP contribution in [-0.2, 0) is 16.1 Å². The van der Waals surface area contributed by atoms with Crippen LogP contribution in [0.15, 0.2) is 35.7 Å². The first kappa shape index (κ1) is 19.8. The van der Waals surface area contributed by atoms with Crippen molar-refractivity contribution in [3.8, 4) is 11.5 Å². The second-order valence-electron chi connectivity index (χ2n) is 5.90. The van der Waals surface area contributed by atoms with Gasteiger partial charge in [-0.05, 0) is 23.6 Å². The Kier molecular flexibility index (Phi) is 7.03. The van der Waals surface area contributed by atoms with E-state index in [1.807, 2.05) is 29.6 Å². The van der Waals surface area contributed by atoms with Crippen LogP contribution in [0.4, 0.5) is 0 Å². The molecule has 1 heterocycles. The number of carbonyl (C=O) groups is 2. The Bertz CT molecular complexity index is 746. The van der Waals surface area contributed by atoms with Gasteiger partial charge in [-0.3, -0.25) is 9.59 Å². The van der Waals surface area contributed by atoms with Gasteiger partial charge < -0.3 is 19.7 Å². The number of amides is 2. The van der Waals surface area contributed by atoms with Gasteiger partial charge in [0.15, 0.2) is 0 Å². The summed E-state index contributed by atoms with van der Waals surface area (Å²) in [5, 5.41) is 4.78. The van der Waals surface area contributed by atoms with Gasteiger partial charge in [0.1, 0.15) is 11.5 Å². The Labute approximate surface area is 157 Å². The van der Waals surface area contributed by atoms with Crippen LogP contribution in [0, 0.1) is 0 Å². The Morgan fingerprint density at radius 1 is 1.23 bits per heavy atom. The summed E-state index contributed by atoms with van der Waals surface area (Å²) >= 11 is 1.52. The van der Waals surface area contributed by atoms with Gasteiger partial charge >= 0.3 is 0 Å². The van der Waals surface area contributed by atoms with E-state index >= 15 is 0 Å². The van der Waals surface area contributed by atoms with Gasteiger partial charge in [-0.15, -0.1) is 11.3 Å². The zero-order valence-corrected chi connectivity index (χ0v) is 16.3. The molecule has 0 aliphatic rings. The number of benzene rings is 1. The highest BCUT2D eigenvalue weighted by Crippen LogP contribution is 2.27. The zero-order chi connectivity index (χ0) is 19.1. The number of ether oxygens (including phenoxy) is 2. The smallest absolute Gasteiger partial charge is 0.225 e. The summed E-state index contributed by atoms with van der Waals surface area (Å²) in [4.78, 5) is 26.7. The van der Waals surface area contributed by atoms with Gasteiger partial charge in [-0.1, -0.05) is 6.07 Å². The van der Waals surface area contributed by atoms with E-state index in [1.165, 1.54) is 18.3 Å². The SMILES string of the molecule is COc1ccc(CN(C)C(=O)CC(NC(C)=O)c2cccs2)c(OC)c1. The van der Waals surface area contributed by atoms with Crippen molar-refractivity contribution in [2.24, 2.45) is 0 Å². The minimum absolute atomic E-state index is 0.0602. The highest BCUT2D eigenvalue weighted by Gasteiger charge is 2.21. The third kappa shape index (κ3) is 5.23. The largest absolute Gasteiger partial charge is 0.497 e. The fourth-order valence-corrected chi connectivity index (χ4v) is 3.39. The van der Waals surface area contributed by atoms with E-state index in [9.17, 15) is 9.59 Å². The molecule has 2 amide bonds. The third-order valence-electron chi connectivity index (χ3n) is 3.97. The Hall–Kier alpha value is -2.54. The van der Waals surface area contributed by atoms with Crippen LogP contribution >= 0.6 is 11.3 Å². The summed E-state index contributed by atoms with van der Waals surface area (Å²) in [5.74, 6) is 1.15. The van der Waals surface area contributed by atoms with Crippen LogP contribution in [0.2, 0.25) is 0 Å². The van der Waals surface area contributed by atoms with Gasteiger partial charge in [0.25, 0.3) is 0 Å². The molecule has 2 rings (SSSR count). The molecule has 1 aromatic heterocycles. The summed E-state index contributed by atoms with van der Waals surface area (Å²) < 4.78 is 10.6. The maximum absolute atomic E-state index is 12.7. The van der Waals surface area contributed by atoms with Gasteiger partial charge in [0.2, 0.25) is 11.8 Å². The summed E-state index contributed by atoms with van der Waals surface area (Å²) in [6.45, 7) is 1.86. The van der Waals surface area contributed by atoms with Gasteiger partial charge in [0.05, 0.1) is 26.7 Å². The standard InChI is InChI=1S/C19H24N2O4S/c1-13(22)20-16(18-6-5-9-26-18)11-19(23)21(2)12-14-7-8-15(24-3)10-17(14)25-4/h5-10,16H,11-12H2,1-4H3,(H,20,22). The number of nitrogens with zero attached hydrogens (tertiary/aromatic N) is 1. The summed E-state index contributed by atoms with van der Waals surface area (Å²) in [6.07, 6.45) is 0.203. The fraction of sp³-hybridized carbons (Fsp3) is 0.368. The van der Waals surface area contributed by atoms with Crippen LogP contribution in [0.1, 0.15) is 29.8 Å². The van der Waals surface area contributed by atoms with E-state index in [4.69, 9.17) is 9.47 Å². The van der Waals surface area contributed by atoms with Gasteiger partial charge in [-0.2, -0.15) is 0 Å². The van der Waals surface area contributed by atoms with Crippen molar-refractivity contribution in [1.29, 1.82) is 0 Å². The molecule has 6 nitrogen and oxygen atoms in total. The summed E-state index contributed by atoms with van der Waals surface area (Å²) in [5.41, 5.74) is 0.886. The molecule has 7 heteroatoms. The molecule has 0 aliphatic carbocycles. The zero-order valence-electron chi connectivity index (χ0n) is 15.4. The Morgan fingerprint density at radius 2 is 2.00 bits per heavy atom. The lowest BCUT2D eigenvalue weighted by Gasteiger charge is -2.22. The number of rotatable bonds is 8. The molecule has 0 saturated carbocycles. The lowest BCUT2D eigenvalue weighted by Crippen LogP contribution is -2.33. The van der Waals surface area contributed by atoms with Crippen molar-refractivity contribution >= 4 is 23.2 Å². The molecule has 2 aromatic rings. The van der Waals surface area contributed by atoms with Gasteiger partial charge in [0, 0.05) is 37.0 Å². The maximum atomic E-state index is 12.7. The predicted molar refractivity (Wildman–Crippen MR) is 102 cm³/mol. The summed E-state index contributed by atoms with van der Waals surface area (Å²) in [6, 6.07) is 9.02. The number of thiophene rings is 1. The van der Waals surface area contributed by atoms with Crippen LogP contribution < -0.4 is 14.8 Å². The highest BCUT2D eigenvalue weighted by atomic mass is 32.1. The highest BCUT2D eigenvalue weighted by molar-refractivity contribution is 7.10. The van der Waals surface area contributed by atoms with Crippen molar-refractivity contribution in [3.05, 3.63) is 46.2 Å². The first-order valence-corrected chi connectivity index (χ1v) is 9.08. The molecule has 1 unspecified atom stereocenters. The molecule has 0 aliphatic heterocycles. The van der Waals surface area contributed by atoms with Gasteiger partial charge in [-0.25, -0.2) is 0 Å². The molecule has 140 valence electrons. The van der Waals surface area contributed by atoms with Crippen molar-refractivity contribution in [1.82, 2.24) is 10.2 Å². The van der Waals surface area contributed by atoms with E-state index < -0.39 is 0 Å². The molecular weight excluding hydrogens is 352 g/mol. The Balaban J connectivity index is 2.07. The topological polar surface area (TPSA) is 67.9 Å². The van der Waals surface area contributed by atoms with Crippen LogP contribution in [0.25, 0.3) is 0 Å². The molecule has 0 saturated heterocycles. The van der Waals surface area contributed by atoms with E-state index in [2.05, 4.69) is 5.32 Å². The lowest BCUT2D eigenvalue weighted by molar-refractivity contribution is -0.131. The fourth-order valence-electron chi connectivity index (χ4n) is 2.61. The minimum Gasteiger partial charge on any atom is -0.497 e. The number of methoxy groups -OCH3 is 2. The molecule has 0 fully saturated rings. The number of carbonyl (C=O) groups excluding carboxylic acids is 2. The Morgan fingerprint density at radius 3 is 2.58 bits per heavy atom. The van der Waals surface area contributed by atoms with E-state index in [-0.39, 0.29) is 24.3 Å². The molecule has 0 bridgehead atoms. The molecular formula is C19H24N2O4S. The van der Waals surface area contributed by atoms with Crippen molar-refractivity contribution in [2.75, 3.05) is 21.3 Å². The lowest BCUT2D eigenvalue weighted by atomic mass is 10.1. The minimum atomic E-state index is -0.319. The number of nitrogens with one attached hydrogen (secondary N) is 1. The molecule has 1 N–H and O–H groups in total. The molecule has 0 radical (unpaired) electrons. The average Bonchev–Trinajstić information content (AvgIpc) is 3.15. The molecule has 1 aromatic carbocycles. The van der Waals surface area contributed by atoms with Crippen molar-refractivity contribution in [3.63, 3.8) is 0 Å². The normalized spacial score (nSPS) is 11.5. The van der Waals surface area contributed by atoms with E-state index in [1.54, 1.807) is 32.2 Å². The van der Waals surface area contributed by atoms with Crippen LogP contribution in [-0.4, -0.2) is 38.0 Å². The van der Waals surface area contributed by atoms with Crippen LogP contribution in [0.5, 0.6) is 11.5 Å². The van der Waals surface area contributed by atoms with Crippen LogP contribution in [0.3, 0.4) is 0 Å². The van der Waals surface area contributed by atoms with Crippen molar-refractivity contribution in [2.45, 2.75) is 25.9 Å². The second-order valence-corrected chi connectivity index (χ2v) is 6.88. The summed E-state index contributed by atoms with van der Waals surface area (Å²) in [7, 11) is 4.92. The first-order chi connectivity index (χ1) is 12.4. The third-order valence-corrected chi connectivity index (χ3v) is 4.96.